The number of ether oxygens (including phenoxy) is 1. The summed E-state index contributed by atoms with van der Waals surface area (Å²) in [5.74, 6) is 1.67. The van der Waals surface area contributed by atoms with Crippen LogP contribution in [-0.2, 0) is 19.7 Å². The van der Waals surface area contributed by atoms with Crippen molar-refractivity contribution in [3.63, 3.8) is 0 Å². The number of nitrogens with one attached hydrogen (secondary N) is 4. The molecule has 68 heavy (non-hydrogen) atoms. The largest absolute Gasteiger partial charge is 0.465 e. The van der Waals surface area contributed by atoms with Gasteiger partial charge in [0.25, 0.3) is 0 Å². The van der Waals surface area contributed by atoms with Crippen molar-refractivity contribution in [2.45, 2.75) is 129 Å². The van der Waals surface area contributed by atoms with Crippen molar-refractivity contribution in [3.05, 3.63) is 101 Å². The Bertz CT molecular complexity index is 2570. The molecule has 3 aliphatic heterocycles. The maximum absolute atomic E-state index is 13.7. The lowest BCUT2D eigenvalue weighted by atomic mass is 9.87. The smallest absolute Gasteiger partial charge is 0.407 e. The molecule has 0 bridgehead atoms. The second-order valence-electron chi connectivity index (χ2n) is 20.1. The SMILES string of the molecule is COC(=O)N[C@H](C(=O)N1CCC[C@H]1c1nnc(-c2ccc([C@H]3CC[C@H](c4ccc(-c5nnc([C@@H]6CCCN6C(=O)[C@@H](NC(=O)O)C(C)C)[nH]5)cc4)N3c3ccc(C(C)(C)C)cc3)cc2)[nH]1)C(C)C. The Labute approximate surface area is 397 Å². The van der Waals surface area contributed by atoms with Crippen molar-refractivity contribution in [3.8, 4) is 22.8 Å². The van der Waals surface area contributed by atoms with Crippen molar-refractivity contribution in [2.75, 3.05) is 25.1 Å². The molecular weight excluding hydrogens is 863 g/mol. The van der Waals surface area contributed by atoms with Crippen molar-refractivity contribution in [2.24, 2.45) is 11.8 Å². The minimum absolute atomic E-state index is 0.0125. The Hall–Kier alpha value is -6.78. The highest BCUT2D eigenvalue weighted by atomic mass is 16.5. The van der Waals surface area contributed by atoms with E-state index in [1.54, 1.807) is 9.80 Å². The van der Waals surface area contributed by atoms with Crippen LogP contribution in [0.4, 0.5) is 15.3 Å². The molecule has 6 atom stereocenters. The number of methoxy groups -OCH3 is 1. The molecule has 5 aromatic rings. The maximum Gasteiger partial charge on any atom is 0.407 e. The zero-order chi connectivity index (χ0) is 48.4. The van der Waals surface area contributed by atoms with Crippen LogP contribution in [0.2, 0.25) is 0 Å². The summed E-state index contributed by atoms with van der Waals surface area (Å²) in [5.41, 5.74) is 6.55. The Kier molecular flexibility index (Phi) is 13.9. The molecule has 360 valence electrons. The van der Waals surface area contributed by atoms with Crippen LogP contribution in [0.5, 0.6) is 0 Å². The number of aromatic amines is 2. The number of amides is 4. The van der Waals surface area contributed by atoms with Gasteiger partial charge in [0.1, 0.15) is 12.1 Å². The first-order valence-corrected chi connectivity index (χ1v) is 23.9. The van der Waals surface area contributed by atoms with Gasteiger partial charge in [-0.15, -0.1) is 20.4 Å². The van der Waals surface area contributed by atoms with Crippen LogP contribution < -0.4 is 15.5 Å². The third-order valence-electron chi connectivity index (χ3n) is 13.9. The monoisotopic (exact) mass is 928 g/mol. The van der Waals surface area contributed by atoms with Crippen LogP contribution >= 0.6 is 0 Å². The third-order valence-corrected chi connectivity index (χ3v) is 13.9. The van der Waals surface area contributed by atoms with Gasteiger partial charge in [-0.3, -0.25) is 9.59 Å². The van der Waals surface area contributed by atoms with Gasteiger partial charge in [0.15, 0.2) is 23.3 Å². The van der Waals surface area contributed by atoms with Crippen LogP contribution in [0.3, 0.4) is 0 Å². The van der Waals surface area contributed by atoms with Gasteiger partial charge in [-0.25, -0.2) is 9.59 Å². The number of alkyl carbamates (subject to hydrolysis) is 1. The summed E-state index contributed by atoms with van der Waals surface area (Å²) in [4.78, 5) is 63.7. The summed E-state index contributed by atoms with van der Waals surface area (Å²) in [6, 6.07) is 24.0. The van der Waals surface area contributed by atoms with Crippen LogP contribution in [0.1, 0.15) is 139 Å². The van der Waals surface area contributed by atoms with Crippen LogP contribution in [-0.4, -0.2) is 102 Å². The summed E-state index contributed by atoms with van der Waals surface area (Å²) < 4.78 is 4.79. The summed E-state index contributed by atoms with van der Waals surface area (Å²) in [6.07, 6.45) is 3.06. The fourth-order valence-electron chi connectivity index (χ4n) is 10.1. The molecule has 0 spiro atoms. The number of carbonyl (C=O) groups is 4. The molecule has 17 heteroatoms. The lowest BCUT2D eigenvalue weighted by molar-refractivity contribution is -0.136. The number of aromatic nitrogens is 6. The van der Waals surface area contributed by atoms with Crippen LogP contribution in [0.25, 0.3) is 22.8 Å². The Balaban J connectivity index is 1.00. The number of benzene rings is 3. The molecule has 8 rings (SSSR count). The second-order valence-corrected chi connectivity index (χ2v) is 20.1. The van der Waals surface area contributed by atoms with Gasteiger partial charge >= 0.3 is 12.2 Å². The van der Waals surface area contributed by atoms with Gasteiger partial charge in [-0.2, -0.15) is 0 Å². The molecule has 0 saturated carbocycles. The lowest BCUT2D eigenvalue weighted by Gasteiger charge is -2.34. The van der Waals surface area contributed by atoms with Gasteiger partial charge in [-0.1, -0.05) is 109 Å². The van der Waals surface area contributed by atoms with Gasteiger partial charge in [0, 0.05) is 29.9 Å². The van der Waals surface area contributed by atoms with Gasteiger partial charge in [-0.05, 0) is 84.6 Å². The molecular formula is C51H65N11O6. The molecule has 5 heterocycles. The van der Waals surface area contributed by atoms with E-state index in [4.69, 9.17) is 4.74 Å². The van der Waals surface area contributed by atoms with Gasteiger partial charge in [0.05, 0.1) is 31.3 Å². The van der Waals surface area contributed by atoms with E-state index in [2.05, 4.69) is 139 Å². The highest BCUT2D eigenvalue weighted by molar-refractivity contribution is 5.87. The summed E-state index contributed by atoms with van der Waals surface area (Å²) in [5, 5.41) is 32.5. The molecule has 0 radical (unpaired) electrons. The number of anilines is 1. The number of rotatable bonds is 13. The first kappa shape index (κ1) is 47.7. The number of hydrogen-bond acceptors (Lipinski definition) is 10. The minimum Gasteiger partial charge on any atom is -0.465 e. The summed E-state index contributed by atoms with van der Waals surface area (Å²) in [6.45, 7) is 15.2. The van der Waals surface area contributed by atoms with E-state index in [9.17, 15) is 24.3 Å². The zero-order valence-corrected chi connectivity index (χ0v) is 40.3. The van der Waals surface area contributed by atoms with Crippen LogP contribution in [0, 0.1) is 11.8 Å². The molecule has 0 unspecified atom stereocenters. The molecule has 3 aliphatic rings. The number of carboxylic acid groups (broad SMARTS) is 1. The topological polar surface area (TPSA) is 215 Å². The van der Waals surface area contributed by atoms with E-state index in [1.807, 2.05) is 27.7 Å². The second kappa shape index (κ2) is 19.8. The average molecular weight is 928 g/mol. The van der Waals surface area contributed by atoms with Gasteiger partial charge in [0.2, 0.25) is 11.8 Å². The Morgan fingerprint density at radius 3 is 1.47 bits per heavy atom. The number of H-pyrrole nitrogens is 2. The first-order valence-electron chi connectivity index (χ1n) is 23.9. The Morgan fingerprint density at radius 1 is 0.632 bits per heavy atom. The minimum atomic E-state index is -1.22. The molecule has 3 aromatic carbocycles. The van der Waals surface area contributed by atoms with Crippen molar-refractivity contribution in [1.82, 2.24) is 50.8 Å². The molecule has 0 aliphatic carbocycles. The van der Waals surface area contributed by atoms with Gasteiger partial charge < -0.3 is 45.1 Å². The summed E-state index contributed by atoms with van der Waals surface area (Å²) >= 11 is 0. The van der Waals surface area contributed by atoms with E-state index in [1.165, 1.54) is 23.8 Å². The normalized spacial score (nSPS) is 20.5. The fourth-order valence-corrected chi connectivity index (χ4v) is 10.1. The highest BCUT2D eigenvalue weighted by Gasteiger charge is 2.40. The first-order chi connectivity index (χ1) is 32.5. The molecule has 3 saturated heterocycles. The maximum atomic E-state index is 13.7. The fraction of sp³-hybridized carbons (Fsp3) is 0.490. The predicted octanol–water partition coefficient (Wildman–Crippen LogP) is 8.64. The molecule has 17 nitrogen and oxygen atoms in total. The van der Waals surface area contributed by atoms with Crippen molar-refractivity contribution >= 4 is 29.7 Å². The number of likely N-dealkylation sites (tertiary alicyclic amines) is 2. The van der Waals surface area contributed by atoms with Crippen LogP contribution in [0.15, 0.2) is 72.8 Å². The number of carbonyl (C=O) groups excluding carboxylic acids is 3. The quantitative estimate of drug-likeness (QED) is 0.0753. The van der Waals surface area contributed by atoms with Crippen molar-refractivity contribution in [1.29, 1.82) is 0 Å². The van der Waals surface area contributed by atoms with E-state index in [0.29, 0.717) is 42.8 Å². The Morgan fingerprint density at radius 2 is 1.07 bits per heavy atom. The van der Waals surface area contributed by atoms with Crippen molar-refractivity contribution < 1.29 is 29.0 Å². The predicted molar refractivity (Wildman–Crippen MR) is 257 cm³/mol. The molecule has 4 amide bonds. The molecule has 5 N–H and O–H groups in total. The zero-order valence-electron chi connectivity index (χ0n) is 40.3. The number of nitrogens with zero attached hydrogens (tertiary/aromatic N) is 7. The number of hydrogen-bond donors (Lipinski definition) is 5. The van der Waals surface area contributed by atoms with E-state index in [-0.39, 0.29) is 53.2 Å². The van der Waals surface area contributed by atoms with E-state index < -0.39 is 24.3 Å². The molecule has 2 aromatic heterocycles. The third kappa shape index (κ3) is 9.92. The molecule has 3 fully saturated rings. The summed E-state index contributed by atoms with van der Waals surface area (Å²) in [7, 11) is 1.29. The average Bonchev–Trinajstić information content (AvgIpc) is 4.18. The van der Waals surface area contributed by atoms with E-state index >= 15 is 0 Å². The lowest BCUT2D eigenvalue weighted by Crippen LogP contribution is -2.51. The highest BCUT2D eigenvalue weighted by Crippen LogP contribution is 2.48. The standard InChI is InChI=1S/C51H65N11O6/c1-29(2)41(52-49(65)66)47(63)60-27-9-11-39(60)45-54-43(56-58-45)33-17-13-31(14-18-33)37-25-26-38(62(37)36-23-21-35(22-24-36)51(5,6)7)32-15-19-34(20-16-32)44-55-46(59-57-44)40-12-10-28-61(40)48(64)42(30(3)4)53-50(67)68-8/h13-24,29-30,37-42,52H,9-12,25-28H2,1-8H3,(H,53,67)(H,65,66)(H,54,56,58)(H,55,57,59)/t37-,38-,39+,40+,41+,42+/m1/s1. The van der Waals surface area contributed by atoms with E-state index in [0.717, 1.165) is 48.9 Å².